The fourth-order valence-corrected chi connectivity index (χ4v) is 7.49. The first-order valence-corrected chi connectivity index (χ1v) is 25.9. The molecular formula is C51H94F8O4. The van der Waals surface area contributed by atoms with Crippen LogP contribution in [0.4, 0.5) is 35.1 Å². The van der Waals surface area contributed by atoms with Crippen molar-refractivity contribution < 1.29 is 54.2 Å². The number of ether oxygens (including phenoxy) is 2. The Balaban J connectivity index is 0. The van der Waals surface area contributed by atoms with Crippen molar-refractivity contribution in [1.82, 2.24) is 0 Å². The molecule has 0 rings (SSSR count). The predicted molar refractivity (Wildman–Crippen MR) is 244 cm³/mol. The second-order valence-electron chi connectivity index (χ2n) is 18.0. The molecule has 0 saturated heterocycles. The van der Waals surface area contributed by atoms with Crippen LogP contribution in [0.1, 0.15) is 278 Å². The Morgan fingerprint density at radius 3 is 0.873 bits per heavy atom. The molecule has 4 nitrogen and oxygen atoms in total. The maximum atomic E-state index is 13.3. The van der Waals surface area contributed by atoms with Crippen LogP contribution < -0.4 is 0 Å². The molecule has 0 saturated carbocycles. The van der Waals surface area contributed by atoms with Gasteiger partial charge in [-0.1, -0.05) is 245 Å². The van der Waals surface area contributed by atoms with Crippen LogP contribution in [0.25, 0.3) is 0 Å². The van der Waals surface area contributed by atoms with Crippen LogP contribution in [-0.2, 0) is 19.1 Å². The molecule has 0 spiro atoms. The van der Waals surface area contributed by atoms with Crippen LogP contribution in [0.15, 0.2) is 0 Å². The van der Waals surface area contributed by atoms with E-state index in [0.717, 1.165) is 38.5 Å². The third-order valence-electron chi connectivity index (χ3n) is 11.8. The van der Waals surface area contributed by atoms with Gasteiger partial charge < -0.3 is 9.47 Å². The topological polar surface area (TPSA) is 52.6 Å². The van der Waals surface area contributed by atoms with Gasteiger partial charge in [-0.2, -0.15) is 26.3 Å². The van der Waals surface area contributed by atoms with Crippen molar-refractivity contribution in [3.8, 4) is 0 Å². The van der Waals surface area contributed by atoms with Crippen LogP contribution in [0.2, 0.25) is 0 Å². The van der Waals surface area contributed by atoms with Gasteiger partial charge in [0.05, 0.1) is 6.61 Å². The molecule has 0 atom stereocenters. The van der Waals surface area contributed by atoms with E-state index >= 15 is 0 Å². The van der Waals surface area contributed by atoms with E-state index in [4.69, 9.17) is 4.74 Å². The molecule has 378 valence electrons. The lowest BCUT2D eigenvalue weighted by Crippen LogP contribution is -2.59. The molecule has 0 aliphatic heterocycles. The van der Waals surface area contributed by atoms with Gasteiger partial charge in [-0.3, -0.25) is 9.59 Å². The van der Waals surface area contributed by atoms with Crippen molar-refractivity contribution in [3.05, 3.63) is 0 Å². The van der Waals surface area contributed by atoms with Gasteiger partial charge in [0.1, 0.15) is 0 Å². The highest BCUT2D eigenvalue weighted by atomic mass is 19.4. The smallest absolute Gasteiger partial charge is 0.381 e. The summed E-state index contributed by atoms with van der Waals surface area (Å²) in [4.78, 5) is 23.2. The Hall–Kier alpha value is -1.62. The SMILES string of the molecule is CCCCCCCCCCCCCCCCCC(=O)OCC(F)(F)C(F)(F)C(F)(F)C(F)F.CCCCCCCCCCCCCCCCCC(=O)OCCCCCCCCCC. The molecule has 0 aromatic rings. The van der Waals surface area contributed by atoms with Gasteiger partial charge >= 0.3 is 36.1 Å². The quantitative estimate of drug-likeness (QED) is 0.0347. The molecule has 12 heteroatoms. The molecule has 0 radical (unpaired) electrons. The third kappa shape index (κ3) is 38.2. The van der Waals surface area contributed by atoms with Crippen LogP contribution in [-0.4, -0.2) is 49.3 Å². The van der Waals surface area contributed by atoms with Gasteiger partial charge in [-0.05, 0) is 19.3 Å². The number of carbonyl (C=O) groups is 2. The highest BCUT2D eigenvalue weighted by Crippen LogP contribution is 2.48. The fourth-order valence-electron chi connectivity index (χ4n) is 7.49. The van der Waals surface area contributed by atoms with Crippen molar-refractivity contribution in [2.75, 3.05) is 13.2 Å². The molecular weight excluding hydrogens is 829 g/mol. The Kier molecular flexibility index (Phi) is 44.6. The van der Waals surface area contributed by atoms with Crippen LogP contribution >= 0.6 is 0 Å². The zero-order valence-corrected chi connectivity index (χ0v) is 40.4. The standard InChI is InChI=1S/C28H56O2.C23H38F8O2/c1-3-5-7-9-11-13-14-15-16-17-18-19-20-22-24-26-28(29)30-27-25-23-21-12-10-8-6-4-2;1-2-3-4-5-6-7-8-9-10-11-12-13-14-15-16-17-19(32)33-18-21(26,27)23(30,31)22(28,29)20(24)25/h3-27H2,1-2H3;20H,2-18H2,1H3. The molecule has 0 fully saturated rings. The van der Waals surface area contributed by atoms with Gasteiger partial charge in [0.25, 0.3) is 0 Å². The molecule has 0 aliphatic rings. The highest BCUT2D eigenvalue weighted by Gasteiger charge is 2.75. The molecule has 0 unspecified atom stereocenters. The van der Waals surface area contributed by atoms with Crippen molar-refractivity contribution >= 4 is 11.9 Å². The Labute approximate surface area is 380 Å². The minimum absolute atomic E-state index is 0.0210. The summed E-state index contributed by atoms with van der Waals surface area (Å²) in [5.74, 6) is -19.5. The summed E-state index contributed by atoms with van der Waals surface area (Å²) >= 11 is 0. The van der Waals surface area contributed by atoms with Crippen molar-refractivity contribution in [1.29, 1.82) is 0 Å². The normalized spacial score (nSPS) is 12.1. The summed E-state index contributed by atoms with van der Waals surface area (Å²) in [6, 6.07) is 0. The van der Waals surface area contributed by atoms with Crippen molar-refractivity contribution in [2.45, 2.75) is 302 Å². The van der Waals surface area contributed by atoms with Crippen LogP contribution in [0.3, 0.4) is 0 Å². The van der Waals surface area contributed by atoms with Gasteiger partial charge in [0.2, 0.25) is 0 Å². The second-order valence-corrected chi connectivity index (χ2v) is 18.0. The lowest BCUT2D eigenvalue weighted by Gasteiger charge is -2.31. The number of rotatable bonds is 46. The average molecular weight is 923 g/mol. The lowest BCUT2D eigenvalue weighted by atomic mass is 10.0. The number of hydrogen-bond donors (Lipinski definition) is 0. The number of carbonyl (C=O) groups excluding carboxylic acids is 2. The maximum Gasteiger partial charge on any atom is 0.381 e. The van der Waals surface area contributed by atoms with E-state index in [1.54, 1.807) is 0 Å². The summed E-state index contributed by atoms with van der Waals surface area (Å²) in [5.41, 5.74) is 0. The molecule has 0 heterocycles. The highest BCUT2D eigenvalue weighted by molar-refractivity contribution is 5.69. The summed E-state index contributed by atoms with van der Waals surface area (Å²) in [6.07, 6.45) is 42.2. The van der Waals surface area contributed by atoms with Gasteiger partial charge in [-0.25, -0.2) is 8.78 Å². The lowest BCUT2D eigenvalue weighted by molar-refractivity contribution is -0.344. The van der Waals surface area contributed by atoms with E-state index in [0.29, 0.717) is 19.4 Å². The van der Waals surface area contributed by atoms with Crippen LogP contribution in [0, 0.1) is 0 Å². The Morgan fingerprint density at radius 1 is 0.365 bits per heavy atom. The van der Waals surface area contributed by atoms with E-state index in [1.165, 1.54) is 193 Å². The van der Waals surface area contributed by atoms with Crippen molar-refractivity contribution in [3.63, 3.8) is 0 Å². The zero-order chi connectivity index (χ0) is 47.3. The number of alkyl halides is 8. The predicted octanol–water partition coefficient (Wildman–Crippen LogP) is 18.9. The summed E-state index contributed by atoms with van der Waals surface area (Å²) in [5, 5.41) is 0. The maximum absolute atomic E-state index is 13.3. The zero-order valence-electron chi connectivity index (χ0n) is 40.4. The monoisotopic (exact) mass is 923 g/mol. The molecule has 0 bridgehead atoms. The summed E-state index contributed by atoms with van der Waals surface area (Å²) in [6.45, 7) is 4.98. The molecule has 0 aromatic heterocycles. The van der Waals surface area contributed by atoms with Crippen LogP contribution in [0.5, 0.6) is 0 Å². The number of hydrogen-bond acceptors (Lipinski definition) is 4. The van der Waals surface area contributed by atoms with E-state index in [2.05, 4.69) is 25.5 Å². The van der Waals surface area contributed by atoms with Crippen molar-refractivity contribution in [2.24, 2.45) is 0 Å². The van der Waals surface area contributed by atoms with E-state index in [1.807, 2.05) is 0 Å². The first-order chi connectivity index (χ1) is 30.2. The molecule has 0 N–H and O–H groups in total. The number of halogens is 8. The number of unbranched alkanes of at least 4 members (excludes halogenated alkanes) is 35. The van der Waals surface area contributed by atoms with E-state index in [9.17, 15) is 44.7 Å². The average Bonchev–Trinajstić information content (AvgIpc) is 3.25. The van der Waals surface area contributed by atoms with Gasteiger partial charge in [0, 0.05) is 12.8 Å². The molecule has 0 aliphatic carbocycles. The minimum atomic E-state index is -6.36. The molecule has 63 heavy (non-hydrogen) atoms. The second kappa shape index (κ2) is 44.2. The largest absolute Gasteiger partial charge is 0.466 e. The molecule has 0 aromatic carbocycles. The number of esters is 2. The Bertz CT molecular complexity index is 998. The summed E-state index contributed by atoms with van der Waals surface area (Å²) in [7, 11) is 0. The van der Waals surface area contributed by atoms with E-state index < -0.39 is 36.8 Å². The third-order valence-corrected chi connectivity index (χ3v) is 11.8. The first kappa shape index (κ1) is 63.5. The first-order valence-electron chi connectivity index (χ1n) is 25.9. The minimum Gasteiger partial charge on any atom is -0.466 e. The fraction of sp³-hybridized carbons (Fsp3) is 0.961. The summed E-state index contributed by atoms with van der Waals surface area (Å²) < 4.78 is 112. The molecule has 0 amide bonds. The Morgan fingerprint density at radius 2 is 0.603 bits per heavy atom. The van der Waals surface area contributed by atoms with Gasteiger partial charge in [0.15, 0.2) is 6.61 Å². The van der Waals surface area contributed by atoms with E-state index in [-0.39, 0.29) is 18.8 Å². The van der Waals surface area contributed by atoms with Gasteiger partial charge in [-0.15, -0.1) is 0 Å².